The van der Waals surface area contributed by atoms with Crippen LogP contribution in [0.4, 0.5) is 0 Å². The molecule has 0 aliphatic carbocycles. The molecule has 24 heavy (non-hydrogen) atoms. The molecule has 3 aliphatic rings. The Labute approximate surface area is 144 Å². The van der Waals surface area contributed by atoms with Gasteiger partial charge in [0.25, 0.3) is 0 Å². The number of aromatic nitrogens is 2. The number of imidazole rings is 1. The third-order valence-electron chi connectivity index (χ3n) is 6.05. The highest BCUT2D eigenvalue weighted by molar-refractivity contribution is 7.10. The van der Waals surface area contributed by atoms with Crippen LogP contribution in [0, 0.1) is 5.92 Å². The molecule has 0 bridgehead atoms. The highest BCUT2D eigenvalue weighted by Gasteiger charge is 2.40. The van der Waals surface area contributed by atoms with Crippen molar-refractivity contribution in [1.82, 2.24) is 14.5 Å². The van der Waals surface area contributed by atoms with Gasteiger partial charge < -0.3 is 14.6 Å². The zero-order chi connectivity index (χ0) is 16.3. The van der Waals surface area contributed by atoms with Crippen molar-refractivity contribution in [3.63, 3.8) is 0 Å². The van der Waals surface area contributed by atoms with Crippen molar-refractivity contribution >= 4 is 17.2 Å². The lowest BCUT2D eigenvalue weighted by Crippen LogP contribution is -2.43. The van der Waals surface area contributed by atoms with Crippen molar-refractivity contribution in [2.24, 2.45) is 5.92 Å². The van der Waals surface area contributed by atoms with Gasteiger partial charge in [0, 0.05) is 29.4 Å². The van der Waals surface area contributed by atoms with Crippen LogP contribution in [0.2, 0.25) is 0 Å². The van der Waals surface area contributed by atoms with E-state index in [9.17, 15) is 9.90 Å². The Hall–Kier alpha value is -1.66. The molecule has 0 radical (unpaired) electrons. The quantitative estimate of drug-likeness (QED) is 0.932. The topological polar surface area (TPSA) is 58.4 Å². The van der Waals surface area contributed by atoms with Crippen molar-refractivity contribution in [2.75, 3.05) is 6.54 Å². The molecular formula is C18H21N3O2S. The maximum atomic E-state index is 11.8. The van der Waals surface area contributed by atoms with Crippen molar-refractivity contribution in [1.29, 1.82) is 0 Å². The third kappa shape index (κ3) is 2.09. The number of thiophene rings is 1. The predicted molar refractivity (Wildman–Crippen MR) is 91.8 cm³/mol. The molecule has 126 valence electrons. The standard InChI is InChI=1S/C18H21N3O2S/c22-16(11-3-5-20-12(7-11)1-2-17(20)23)8-14-18-13(4-6-24-18)15-9-19-10-21(14)15/h4,6,9-12,14,16,22H,1-3,5,7-8H2. The Kier molecular flexibility index (Phi) is 3.31. The molecule has 6 heteroatoms. The van der Waals surface area contributed by atoms with Crippen LogP contribution in [0.5, 0.6) is 0 Å². The smallest absolute Gasteiger partial charge is 0.222 e. The third-order valence-corrected chi connectivity index (χ3v) is 7.07. The van der Waals surface area contributed by atoms with Gasteiger partial charge in [0.05, 0.1) is 30.4 Å². The second-order valence-corrected chi connectivity index (χ2v) is 8.22. The molecule has 3 aliphatic heterocycles. The first kappa shape index (κ1) is 14.7. The molecule has 4 unspecified atom stereocenters. The van der Waals surface area contributed by atoms with Crippen LogP contribution in [-0.4, -0.2) is 44.2 Å². The first-order valence-electron chi connectivity index (χ1n) is 8.79. The van der Waals surface area contributed by atoms with Gasteiger partial charge in [-0.15, -0.1) is 11.3 Å². The fourth-order valence-corrected chi connectivity index (χ4v) is 5.80. The molecular weight excluding hydrogens is 322 g/mol. The first-order valence-corrected chi connectivity index (χ1v) is 9.67. The molecule has 4 atom stereocenters. The van der Waals surface area contributed by atoms with Crippen molar-refractivity contribution in [3.8, 4) is 11.3 Å². The van der Waals surface area contributed by atoms with E-state index in [2.05, 4.69) is 21.0 Å². The van der Waals surface area contributed by atoms with Crippen molar-refractivity contribution in [3.05, 3.63) is 28.8 Å². The van der Waals surface area contributed by atoms with E-state index in [4.69, 9.17) is 0 Å². The van der Waals surface area contributed by atoms with E-state index < -0.39 is 0 Å². The van der Waals surface area contributed by atoms with Crippen LogP contribution >= 0.6 is 11.3 Å². The molecule has 0 spiro atoms. The minimum Gasteiger partial charge on any atom is -0.393 e. The Morgan fingerprint density at radius 1 is 1.42 bits per heavy atom. The van der Waals surface area contributed by atoms with Gasteiger partial charge in [-0.2, -0.15) is 0 Å². The zero-order valence-electron chi connectivity index (χ0n) is 13.5. The van der Waals surface area contributed by atoms with Gasteiger partial charge in [0.15, 0.2) is 0 Å². The van der Waals surface area contributed by atoms with Crippen LogP contribution in [-0.2, 0) is 4.79 Å². The average molecular weight is 343 g/mol. The molecule has 1 amide bonds. The molecule has 0 aromatic carbocycles. The van der Waals surface area contributed by atoms with Gasteiger partial charge in [0.2, 0.25) is 5.91 Å². The number of aliphatic hydroxyl groups is 1. The number of piperidine rings is 1. The van der Waals surface area contributed by atoms with Crippen LogP contribution in [0.1, 0.15) is 43.0 Å². The van der Waals surface area contributed by atoms with Crippen LogP contribution in [0.3, 0.4) is 0 Å². The number of aliphatic hydroxyl groups excluding tert-OH is 1. The fourth-order valence-electron chi connectivity index (χ4n) is 4.79. The number of nitrogens with zero attached hydrogens (tertiary/aromatic N) is 3. The summed E-state index contributed by atoms with van der Waals surface area (Å²) in [5.41, 5.74) is 2.44. The van der Waals surface area contributed by atoms with E-state index in [1.165, 1.54) is 16.1 Å². The summed E-state index contributed by atoms with van der Waals surface area (Å²) < 4.78 is 2.21. The Morgan fingerprint density at radius 3 is 3.25 bits per heavy atom. The summed E-state index contributed by atoms with van der Waals surface area (Å²) in [5, 5.41) is 13.0. The van der Waals surface area contributed by atoms with E-state index in [0.717, 1.165) is 32.2 Å². The summed E-state index contributed by atoms with van der Waals surface area (Å²) in [6.07, 6.45) is 7.74. The van der Waals surface area contributed by atoms with Gasteiger partial charge in [-0.1, -0.05) is 0 Å². The Balaban J connectivity index is 1.33. The summed E-state index contributed by atoms with van der Waals surface area (Å²) in [5.74, 6) is 0.600. The number of amides is 1. The van der Waals surface area contributed by atoms with E-state index in [-0.39, 0.29) is 12.1 Å². The van der Waals surface area contributed by atoms with E-state index in [1.54, 1.807) is 11.3 Å². The SMILES string of the molecule is O=C1CCC2CC(C(O)CC3c4sccc4-c4cncn43)CCN12. The minimum atomic E-state index is -0.323. The summed E-state index contributed by atoms with van der Waals surface area (Å²) >= 11 is 1.77. The van der Waals surface area contributed by atoms with Crippen molar-refractivity contribution in [2.45, 2.75) is 50.3 Å². The van der Waals surface area contributed by atoms with Gasteiger partial charge in [0.1, 0.15) is 0 Å². The molecule has 2 aromatic rings. The monoisotopic (exact) mass is 343 g/mol. The second kappa shape index (κ2) is 5.43. The number of hydrogen-bond acceptors (Lipinski definition) is 4. The molecule has 0 saturated carbocycles. The van der Waals surface area contributed by atoms with Gasteiger partial charge >= 0.3 is 0 Å². The van der Waals surface area contributed by atoms with E-state index >= 15 is 0 Å². The number of hydrogen-bond donors (Lipinski definition) is 1. The minimum absolute atomic E-state index is 0.204. The van der Waals surface area contributed by atoms with Gasteiger partial charge in [-0.3, -0.25) is 4.79 Å². The van der Waals surface area contributed by atoms with Crippen LogP contribution in [0.15, 0.2) is 24.0 Å². The summed E-state index contributed by atoms with van der Waals surface area (Å²) in [6.45, 7) is 0.816. The normalized spacial score (nSPS) is 29.5. The fraction of sp³-hybridized carbons (Fsp3) is 0.556. The maximum Gasteiger partial charge on any atom is 0.222 e. The largest absolute Gasteiger partial charge is 0.393 e. The van der Waals surface area contributed by atoms with E-state index in [1.807, 2.05) is 17.4 Å². The van der Waals surface area contributed by atoms with Gasteiger partial charge in [-0.25, -0.2) is 4.98 Å². The second-order valence-electron chi connectivity index (χ2n) is 7.27. The molecule has 2 aromatic heterocycles. The highest BCUT2D eigenvalue weighted by atomic mass is 32.1. The number of carbonyl (C=O) groups excluding carboxylic acids is 1. The lowest BCUT2D eigenvalue weighted by Gasteiger charge is -2.37. The number of carbonyl (C=O) groups is 1. The zero-order valence-corrected chi connectivity index (χ0v) is 14.3. The van der Waals surface area contributed by atoms with Crippen LogP contribution < -0.4 is 0 Å². The van der Waals surface area contributed by atoms with Gasteiger partial charge in [-0.05, 0) is 43.0 Å². The summed E-state index contributed by atoms with van der Waals surface area (Å²) in [7, 11) is 0. The molecule has 5 heterocycles. The molecule has 5 rings (SSSR count). The predicted octanol–water partition coefficient (Wildman–Crippen LogP) is 2.67. The highest BCUT2D eigenvalue weighted by Crippen LogP contribution is 2.45. The molecule has 2 fully saturated rings. The van der Waals surface area contributed by atoms with E-state index in [0.29, 0.717) is 24.3 Å². The first-order chi connectivity index (χ1) is 11.7. The molecule has 5 nitrogen and oxygen atoms in total. The summed E-state index contributed by atoms with van der Waals surface area (Å²) in [6, 6.07) is 2.72. The lowest BCUT2D eigenvalue weighted by atomic mass is 9.84. The number of fused-ring (bicyclic) bond motifs is 4. The maximum absolute atomic E-state index is 11.8. The van der Waals surface area contributed by atoms with Crippen molar-refractivity contribution < 1.29 is 9.90 Å². The number of rotatable bonds is 3. The van der Waals surface area contributed by atoms with Crippen LogP contribution in [0.25, 0.3) is 11.3 Å². The summed E-state index contributed by atoms with van der Waals surface area (Å²) in [4.78, 5) is 19.5. The average Bonchev–Trinajstić information content (AvgIpc) is 3.33. The lowest BCUT2D eigenvalue weighted by molar-refractivity contribution is -0.131. The Bertz CT molecular complexity index is 743. The molecule has 2 saturated heterocycles. The Morgan fingerprint density at radius 2 is 2.33 bits per heavy atom. The molecule has 1 N–H and O–H groups in total.